The van der Waals surface area contributed by atoms with Crippen molar-refractivity contribution in [3.63, 3.8) is 0 Å². The average molecular weight is 453 g/mol. The molecular formula is C22H12FNO5S2. The first-order valence-electron chi connectivity index (χ1n) is 9.06. The molecule has 0 aliphatic carbocycles. The summed E-state index contributed by atoms with van der Waals surface area (Å²) in [7, 11) is 0. The Kier molecular flexibility index (Phi) is 4.53. The molecule has 0 bridgehead atoms. The molecule has 9 heteroatoms. The molecule has 0 spiro atoms. The molecule has 0 atom stereocenters. The molecule has 4 aromatic rings. The topological polar surface area (TPSA) is 96.6 Å². The highest BCUT2D eigenvalue weighted by Gasteiger charge is 2.28. The highest BCUT2D eigenvalue weighted by Crippen LogP contribution is 2.49. The minimum absolute atomic E-state index is 0.0573. The number of rotatable bonds is 4. The number of hydrogen-bond donors (Lipinski definition) is 2. The predicted octanol–water partition coefficient (Wildman–Crippen LogP) is 4.62. The molecule has 6 nitrogen and oxygen atoms in total. The number of aromatic nitrogens is 1. The Morgan fingerprint density at radius 2 is 1.87 bits per heavy atom. The maximum atomic E-state index is 15.0. The van der Waals surface area contributed by atoms with Gasteiger partial charge in [-0.2, -0.15) is 0 Å². The van der Waals surface area contributed by atoms with Crippen molar-refractivity contribution in [2.75, 3.05) is 5.75 Å². The van der Waals surface area contributed by atoms with Crippen LogP contribution >= 0.6 is 23.5 Å². The van der Waals surface area contributed by atoms with E-state index in [1.807, 2.05) is 36.4 Å². The average Bonchev–Trinajstić information content (AvgIpc) is 2.74. The standard InChI is InChI=1S/C22H12FNO5S2/c23-14-7-12-18-21(20(14)30-9-16(25)26)31-15-6-5-10-3-1-2-4-11(10)17(15)24(18)8-13(19(12)27)22(28)29/h1-8H,9H2,(H,25,26)(H,28,29). The summed E-state index contributed by atoms with van der Waals surface area (Å²) in [6.45, 7) is 0. The lowest BCUT2D eigenvalue weighted by Crippen LogP contribution is -2.21. The number of fused-ring (bicyclic) bond motifs is 4. The van der Waals surface area contributed by atoms with Crippen molar-refractivity contribution in [3.05, 3.63) is 70.3 Å². The van der Waals surface area contributed by atoms with Gasteiger partial charge in [-0.25, -0.2) is 9.18 Å². The van der Waals surface area contributed by atoms with Crippen molar-refractivity contribution in [2.24, 2.45) is 0 Å². The van der Waals surface area contributed by atoms with Gasteiger partial charge in [-0.3, -0.25) is 9.59 Å². The monoisotopic (exact) mass is 453 g/mol. The molecular weight excluding hydrogens is 441 g/mol. The van der Waals surface area contributed by atoms with E-state index >= 15 is 0 Å². The predicted molar refractivity (Wildman–Crippen MR) is 116 cm³/mol. The lowest BCUT2D eigenvalue weighted by Gasteiger charge is -2.26. The number of benzene rings is 3. The minimum atomic E-state index is -1.40. The van der Waals surface area contributed by atoms with Gasteiger partial charge in [0.2, 0.25) is 5.43 Å². The van der Waals surface area contributed by atoms with Gasteiger partial charge < -0.3 is 14.8 Å². The van der Waals surface area contributed by atoms with Gasteiger partial charge in [-0.05, 0) is 17.5 Å². The number of hydrogen-bond acceptors (Lipinski definition) is 5. The lowest BCUT2D eigenvalue weighted by molar-refractivity contribution is -0.133. The second-order valence-corrected chi connectivity index (χ2v) is 8.92. The Hall–Kier alpha value is -3.30. The molecule has 1 aromatic heterocycles. The summed E-state index contributed by atoms with van der Waals surface area (Å²) in [6.07, 6.45) is 1.27. The zero-order valence-electron chi connectivity index (χ0n) is 15.6. The SMILES string of the molecule is O=C(O)CSc1c(F)cc2c(=O)c(C(=O)O)cn3c2c1Sc1ccc2ccccc2c1-3. The molecule has 154 valence electrons. The van der Waals surface area contributed by atoms with E-state index in [9.17, 15) is 23.9 Å². The summed E-state index contributed by atoms with van der Waals surface area (Å²) < 4.78 is 16.6. The number of carbonyl (C=O) groups is 2. The fraction of sp³-hybridized carbons (Fsp3) is 0.0455. The molecule has 2 heterocycles. The second kappa shape index (κ2) is 7.14. The smallest absolute Gasteiger partial charge is 0.341 e. The van der Waals surface area contributed by atoms with Gasteiger partial charge >= 0.3 is 11.9 Å². The molecule has 0 radical (unpaired) electrons. The van der Waals surface area contributed by atoms with Crippen LogP contribution in [0.5, 0.6) is 0 Å². The third kappa shape index (κ3) is 3.00. The van der Waals surface area contributed by atoms with Crippen LogP contribution in [0.1, 0.15) is 10.4 Å². The Balaban J connectivity index is 1.96. The molecule has 1 aliphatic heterocycles. The number of carboxylic acids is 2. The molecule has 0 fully saturated rings. The second-order valence-electron chi connectivity index (χ2n) is 6.88. The normalized spacial score (nSPS) is 12.2. The molecule has 1 aliphatic rings. The molecule has 0 unspecified atom stereocenters. The van der Waals surface area contributed by atoms with E-state index in [-0.39, 0.29) is 16.0 Å². The van der Waals surface area contributed by atoms with Crippen LogP contribution in [0.25, 0.3) is 27.4 Å². The van der Waals surface area contributed by atoms with Crippen molar-refractivity contribution < 1.29 is 24.2 Å². The van der Waals surface area contributed by atoms with Gasteiger partial charge in [0, 0.05) is 16.5 Å². The first-order chi connectivity index (χ1) is 14.9. The van der Waals surface area contributed by atoms with Gasteiger partial charge in [-0.1, -0.05) is 42.1 Å². The van der Waals surface area contributed by atoms with Crippen LogP contribution in [0.2, 0.25) is 0 Å². The molecule has 3 aromatic carbocycles. The minimum Gasteiger partial charge on any atom is -0.481 e. The Morgan fingerprint density at radius 1 is 1.10 bits per heavy atom. The van der Waals surface area contributed by atoms with Gasteiger partial charge in [0.15, 0.2) is 0 Å². The highest BCUT2D eigenvalue weighted by molar-refractivity contribution is 8.03. The summed E-state index contributed by atoms with van der Waals surface area (Å²) >= 11 is 2.08. The quantitative estimate of drug-likeness (QED) is 0.383. The maximum Gasteiger partial charge on any atom is 0.341 e. The van der Waals surface area contributed by atoms with E-state index in [2.05, 4.69) is 0 Å². The van der Waals surface area contributed by atoms with Crippen molar-refractivity contribution in [2.45, 2.75) is 14.7 Å². The number of aliphatic carboxylic acids is 1. The molecule has 0 saturated heterocycles. The van der Waals surface area contributed by atoms with Gasteiger partial charge in [0.1, 0.15) is 11.4 Å². The zero-order valence-corrected chi connectivity index (χ0v) is 17.2. The van der Waals surface area contributed by atoms with Gasteiger partial charge in [0.25, 0.3) is 0 Å². The van der Waals surface area contributed by atoms with Crippen LogP contribution < -0.4 is 5.43 Å². The van der Waals surface area contributed by atoms with E-state index in [4.69, 9.17) is 5.11 Å². The van der Waals surface area contributed by atoms with E-state index in [1.165, 1.54) is 18.0 Å². The maximum absolute atomic E-state index is 15.0. The number of pyridine rings is 1. The van der Waals surface area contributed by atoms with Crippen molar-refractivity contribution in [3.8, 4) is 5.69 Å². The van der Waals surface area contributed by atoms with Crippen LogP contribution in [0.3, 0.4) is 0 Å². The zero-order chi connectivity index (χ0) is 21.9. The van der Waals surface area contributed by atoms with Crippen LogP contribution in [-0.4, -0.2) is 32.5 Å². The first-order valence-corrected chi connectivity index (χ1v) is 10.9. The number of thioether (sulfide) groups is 1. The van der Waals surface area contributed by atoms with Gasteiger partial charge in [-0.15, -0.1) is 11.8 Å². The summed E-state index contributed by atoms with van der Waals surface area (Å²) in [5.41, 5.74) is -0.172. The van der Waals surface area contributed by atoms with Crippen LogP contribution in [0, 0.1) is 5.82 Å². The Morgan fingerprint density at radius 3 is 2.61 bits per heavy atom. The molecule has 0 saturated carbocycles. The number of carboxylic acid groups (broad SMARTS) is 2. The Bertz CT molecular complexity index is 1510. The van der Waals surface area contributed by atoms with E-state index in [1.54, 1.807) is 4.57 Å². The van der Waals surface area contributed by atoms with Crippen LogP contribution in [0.15, 0.2) is 68.1 Å². The highest BCUT2D eigenvalue weighted by atomic mass is 32.2. The van der Waals surface area contributed by atoms with E-state index in [0.717, 1.165) is 33.5 Å². The summed E-state index contributed by atoms with van der Waals surface area (Å²) in [5, 5.41) is 20.4. The van der Waals surface area contributed by atoms with Crippen LogP contribution in [0.4, 0.5) is 4.39 Å². The first kappa shape index (κ1) is 19.7. The van der Waals surface area contributed by atoms with Gasteiger partial charge in [0.05, 0.1) is 32.1 Å². The van der Waals surface area contributed by atoms with Crippen molar-refractivity contribution in [1.29, 1.82) is 0 Å². The fourth-order valence-electron chi connectivity index (χ4n) is 3.78. The molecule has 0 amide bonds. The lowest BCUT2D eigenvalue weighted by atomic mass is 10.1. The fourth-order valence-corrected chi connectivity index (χ4v) is 5.93. The van der Waals surface area contributed by atoms with Crippen LogP contribution in [-0.2, 0) is 4.79 Å². The largest absolute Gasteiger partial charge is 0.481 e. The number of nitrogens with zero attached hydrogens (tertiary/aromatic N) is 1. The molecule has 5 rings (SSSR count). The van der Waals surface area contributed by atoms with Crippen molar-refractivity contribution >= 4 is 57.1 Å². The summed E-state index contributed by atoms with van der Waals surface area (Å²) in [5.74, 6) is -3.60. The van der Waals surface area contributed by atoms with Crippen molar-refractivity contribution in [1.82, 2.24) is 4.57 Å². The number of halogens is 1. The summed E-state index contributed by atoms with van der Waals surface area (Å²) in [6, 6.07) is 12.3. The molecule has 2 N–H and O–H groups in total. The van der Waals surface area contributed by atoms with E-state index < -0.39 is 28.7 Å². The molecule has 31 heavy (non-hydrogen) atoms. The van der Waals surface area contributed by atoms with E-state index in [0.29, 0.717) is 16.1 Å². The third-order valence-electron chi connectivity index (χ3n) is 5.04. The Labute approximate surface area is 182 Å². The summed E-state index contributed by atoms with van der Waals surface area (Å²) in [4.78, 5) is 37.0. The third-order valence-corrected chi connectivity index (χ3v) is 7.40. The number of aromatic carboxylic acids is 1.